The standard InChI is InChI=1S/C18H24N2O2/c1-13-5-3-4-6-16(13)18-19-17(14(2)22-18)11-20-9-7-15(12-21)8-10-20/h3-6,15,21H,7-12H2,1-2H3. The highest BCUT2D eigenvalue weighted by atomic mass is 16.4. The molecule has 3 rings (SSSR count). The zero-order chi connectivity index (χ0) is 15.5. The average Bonchev–Trinajstić information content (AvgIpc) is 2.89. The number of hydrogen-bond donors (Lipinski definition) is 1. The van der Waals surface area contributed by atoms with Gasteiger partial charge < -0.3 is 9.52 Å². The predicted molar refractivity (Wildman–Crippen MR) is 86.5 cm³/mol. The second kappa shape index (κ2) is 6.63. The Hall–Kier alpha value is -1.65. The molecule has 0 amide bonds. The lowest BCUT2D eigenvalue weighted by Crippen LogP contribution is -2.34. The number of nitrogens with zero attached hydrogens (tertiary/aromatic N) is 2. The molecule has 0 aliphatic carbocycles. The molecule has 2 heterocycles. The van der Waals surface area contributed by atoms with E-state index in [2.05, 4.69) is 24.0 Å². The highest BCUT2D eigenvalue weighted by Crippen LogP contribution is 2.26. The largest absolute Gasteiger partial charge is 0.441 e. The van der Waals surface area contributed by atoms with Crippen LogP contribution in [0.4, 0.5) is 0 Å². The highest BCUT2D eigenvalue weighted by Gasteiger charge is 2.21. The molecular formula is C18H24N2O2. The molecule has 0 saturated carbocycles. The van der Waals surface area contributed by atoms with Crippen LogP contribution in [0.5, 0.6) is 0 Å². The first-order chi connectivity index (χ1) is 10.7. The molecule has 1 saturated heterocycles. The van der Waals surface area contributed by atoms with Crippen molar-refractivity contribution in [3.63, 3.8) is 0 Å². The fraction of sp³-hybridized carbons (Fsp3) is 0.500. The van der Waals surface area contributed by atoms with Crippen LogP contribution in [0.1, 0.15) is 29.9 Å². The van der Waals surface area contributed by atoms with Crippen molar-refractivity contribution < 1.29 is 9.52 Å². The van der Waals surface area contributed by atoms with Crippen molar-refractivity contribution in [2.24, 2.45) is 5.92 Å². The van der Waals surface area contributed by atoms with Gasteiger partial charge in [-0.3, -0.25) is 4.90 Å². The molecule has 4 nitrogen and oxygen atoms in total. The van der Waals surface area contributed by atoms with Gasteiger partial charge in [0.1, 0.15) is 5.76 Å². The summed E-state index contributed by atoms with van der Waals surface area (Å²) in [6.07, 6.45) is 2.14. The number of aromatic nitrogens is 1. The van der Waals surface area contributed by atoms with E-state index in [4.69, 9.17) is 9.40 Å². The van der Waals surface area contributed by atoms with Gasteiger partial charge in [0.25, 0.3) is 0 Å². The highest BCUT2D eigenvalue weighted by molar-refractivity contribution is 5.58. The van der Waals surface area contributed by atoms with Gasteiger partial charge in [-0.25, -0.2) is 4.98 Å². The van der Waals surface area contributed by atoms with Crippen molar-refractivity contribution >= 4 is 0 Å². The monoisotopic (exact) mass is 300 g/mol. The number of likely N-dealkylation sites (tertiary alicyclic amines) is 1. The number of hydrogen-bond acceptors (Lipinski definition) is 4. The Morgan fingerprint density at radius 1 is 1.23 bits per heavy atom. The first-order valence-electron chi connectivity index (χ1n) is 8.03. The van der Waals surface area contributed by atoms with Gasteiger partial charge >= 0.3 is 0 Å². The van der Waals surface area contributed by atoms with E-state index in [1.165, 1.54) is 5.56 Å². The van der Waals surface area contributed by atoms with E-state index < -0.39 is 0 Å². The Morgan fingerprint density at radius 2 is 1.95 bits per heavy atom. The summed E-state index contributed by atoms with van der Waals surface area (Å²) in [5.74, 6) is 2.09. The minimum absolute atomic E-state index is 0.314. The Labute approximate surface area is 131 Å². The van der Waals surface area contributed by atoms with E-state index in [0.717, 1.165) is 55.4 Å². The van der Waals surface area contributed by atoms with Crippen molar-refractivity contribution in [1.82, 2.24) is 9.88 Å². The van der Waals surface area contributed by atoms with Crippen LogP contribution < -0.4 is 0 Å². The maximum Gasteiger partial charge on any atom is 0.226 e. The quantitative estimate of drug-likeness (QED) is 0.942. The summed E-state index contributed by atoms with van der Waals surface area (Å²) in [6, 6.07) is 8.17. The molecule has 2 aromatic rings. The zero-order valence-corrected chi connectivity index (χ0v) is 13.4. The first-order valence-corrected chi connectivity index (χ1v) is 8.03. The Bertz CT molecular complexity index is 628. The predicted octanol–water partition coefficient (Wildman–Crippen LogP) is 3.16. The third-order valence-corrected chi connectivity index (χ3v) is 4.61. The van der Waals surface area contributed by atoms with E-state index in [0.29, 0.717) is 12.5 Å². The molecule has 1 fully saturated rings. The number of aliphatic hydroxyl groups excluding tert-OH is 1. The van der Waals surface area contributed by atoms with Crippen LogP contribution in [0.2, 0.25) is 0 Å². The molecule has 1 aromatic carbocycles. The smallest absolute Gasteiger partial charge is 0.226 e. The van der Waals surface area contributed by atoms with Crippen LogP contribution >= 0.6 is 0 Å². The normalized spacial score (nSPS) is 17.0. The molecular weight excluding hydrogens is 276 g/mol. The average molecular weight is 300 g/mol. The van der Waals surface area contributed by atoms with E-state index in [9.17, 15) is 5.11 Å². The van der Waals surface area contributed by atoms with Crippen molar-refractivity contribution in [2.75, 3.05) is 19.7 Å². The SMILES string of the molecule is Cc1ccccc1-c1nc(CN2CCC(CO)CC2)c(C)o1. The molecule has 0 unspecified atom stereocenters. The van der Waals surface area contributed by atoms with E-state index in [-0.39, 0.29) is 0 Å². The lowest BCUT2D eigenvalue weighted by atomic mass is 9.98. The summed E-state index contributed by atoms with van der Waals surface area (Å²) in [7, 11) is 0. The van der Waals surface area contributed by atoms with E-state index >= 15 is 0 Å². The molecule has 0 bridgehead atoms. The summed E-state index contributed by atoms with van der Waals surface area (Å²) in [6.45, 7) is 7.26. The number of rotatable bonds is 4. The molecule has 1 aliphatic heterocycles. The number of aryl methyl sites for hydroxylation is 2. The van der Waals surface area contributed by atoms with Gasteiger partial charge in [0.2, 0.25) is 5.89 Å². The molecule has 1 N–H and O–H groups in total. The summed E-state index contributed by atoms with van der Waals surface area (Å²) in [5.41, 5.74) is 3.27. The Morgan fingerprint density at radius 3 is 2.64 bits per heavy atom. The van der Waals surface area contributed by atoms with Gasteiger partial charge in [0.15, 0.2) is 0 Å². The molecule has 118 valence electrons. The van der Waals surface area contributed by atoms with Crippen molar-refractivity contribution in [1.29, 1.82) is 0 Å². The molecule has 1 aliphatic rings. The third kappa shape index (κ3) is 3.23. The lowest BCUT2D eigenvalue weighted by molar-refractivity contribution is 0.126. The number of aliphatic hydroxyl groups is 1. The van der Waals surface area contributed by atoms with Crippen LogP contribution in [0, 0.1) is 19.8 Å². The van der Waals surface area contributed by atoms with Crippen LogP contribution in [0.25, 0.3) is 11.5 Å². The summed E-state index contributed by atoms with van der Waals surface area (Å²) in [5, 5.41) is 9.22. The molecule has 22 heavy (non-hydrogen) atoms. The zero-order valence-electron chi connectivity index (χ0n) is 13.4. The van der Waals surface area contributed by atoms with Gasteiger partial charge in [0.05, 0.1) is 5.69 Å². The molecule has 0 radical (unpaired) electrons. The van der Waals surface area contributed by atoms with Gasteiger partial charge in [-0.15, -0.1) is 0 Å². The van der Waals surface area contributed by atoms with E-state index in [1.54, 1.807) is 0 Å². The third-order valence-electron chi connectivity index (χ3n) is 4.61. The van der Waals surface area contributed by atoms with Crippen molar-refractivity contribution in [2.45, 2.75) is 33.2 Å². The fourth-order valence-corrected chi connectivity index (χ4v) is 3.04. The van der Waals surface area contributed by atoms with Crippen LogP contribution in [0.3, 0.4) is 0 Å². The first kappa shape index (κ1) is 15.3. The van der Waals surface area contributed by atoms with Crippen LogP contribution in [0.15, 0.2) is 28.7 Å². The number of oxazole rings is 1. The second-order valence-electron chi connectivity index (χ2n) is 6.24. The van der Waals surface area contributed by atoms with Crippen LogP contribution in [-0.2, 0) is 6.54 Å². The topological polar surface area (TPSA) is 49.5 Å². The van der Waals surface area contributed by atoms with Gasteiger partial charge in [-0.1, -0.05) is 18.2 Å². The number of piperidine rings is 1. The van der Waals surface area contributed by atoms with Crippen molar-refractivity contribution in [3.8, 4) is 11.5 Å². The fourth-order valence-electron chi connectivity index (χ4n) is 3.04. The maximum atomic E-state index is 9.22. The van der Waals surface area contributed by atoms with Gasteiger partial charge in [0, 0.05) is 18.7 Å². The Kier molecular flexibility index (Phi) is 4.60. The van der Waals surface area contributed by atoms with Gasteiger partial charge in [-0.2, -0.15) is 0 Å². The summed E-state index contributed by atoms with van der Waals surface area (Å²) < 4.78 is 5.89. The lowest BCUT2D eigenvalue weighted by Gasteiger charge is -2.30. The van der Waals surface area contributed by atoms with Crippen LogP contribution in [-0.4, -0.2) is 34.7 Å². The molecule has 4 heteroatoms. The minimum atomic E-state index is 0.314. The second-order valence-corrected chi connectivity index (χ2v) is 6.24. The molecule has 0 spiro atoms. The Balaban J connectivity index is 1.72. The minimum Gasteiger partial charge on any atom is -0.441 e. The maximum absolute atomic E-state index is 9.22. The van der Waals surface area contributed by atoms with E-state index in [1.807, 2.05) is 19.1 Å². The van der Waals surface area contributed by atoms with Gasteiger partial charge in [-0.05, 0) is 57.3 Å². The summed E-state index contributed by atoms with van der Waals surface area (Å²) >= 11 is 0. The molecule has 1 aromatic heterocycles. The number of benzene rings is 1. The molecule has 0 atom stereocenters. The summed E-state index contributed by atoms with van der Waals surface area (Å²) in [4.78, 5) is 7.12. The van der Waals surface area contributed by atoms with Crippen molar-refractivity contribution in [3.05, 3.63) is 41.3 Å².